The van der Waals surface area contributed by atoms with Crippen LogP contribution < -0.4 is 10.5 Å². The highest BCUT2D eigenvalue weighted by Crippen LogP contribution is 2.40. The van der Waals surface area contributed by atoms with Crippen molar-refractivity contribution in [2.75, 3.05) is 6.61 Å². The van der Waals surface area contributed by atoms with Gasteiger partial charge in [-0.2, -0.15) is 4.98 Å². The van der Waals surface area contributed by atoms with Crippen molar-refractivity contribution in [1.82, 2.24) is 15.0 Å². The molecule has 5 nitrogen and oxygen atoms in total. The van der Waals surface area contributed by atoms with Crippen LogP contribution in [0.15, 0.2) is 24.5 Å². The number of hydrogen-bond acceptors (Lipinski definition) is 6. The van der Waals surface area contributed by atoms with Gasteiger partial charge >= 0.3 is 0 Å². The first-order valence-corrected chi connectivity index (χ1v) is 10.1. The fourth-order valence-corrected chi connectivity index (χ4v) is 4.48. The monoisotopic (exact) mass is 368 g/mol. The molecule has 0 saturated heterocycles. The van der Waals surface area contributed by atoms with Crippen molar-refractivity contribution in [2.24, 2.45) is 11.7 Å². The van der Waals surface area contributed by atoms with Crippen molar-refractivity contribution in [1.29, 1.82) is 0 Å². The summed E-state index contributed by atoms with van der Waals surface area (Å²) in [6.07, 6.45) is 8.20. The van der Waals surface area contributed by atoms with Gasteiger partial charge in [0.15, 0.2) is 5.82 Å². The summed E-state index contributed by atoms with van der Waals surface area (Å²) in [5.74, 6) is 1.73. The molecular weight excluding hydrogens is 344 g/mol. The van der Waals surface area contributed by atoms with E-state index in [1.54, 1.807) is 23.7 Å². The second-order valence-corrected chi connectivity index (χ2v) is 8.28. The molecule has 6 heteroatoms. The van der Waals surface area contributed by atoms with Crippen LogP contribution in [0.25, 0.3) is 21.6 Å². The fourth-order valence-electron chi connectivity index (χ4n) is 3.23. The second-order valence-electron chi connectivity index (χ2n) is 7.20. The van der Waals surface area contributed by atoms with Crippen LogP contribution in [0.3, 0.4) is 0 Å². The average molecular weight is 369 g/mol. The lowest BCUT2D eigenvalue weighted by Crippen LogP contribution is -2.33. The molecule has 1 atom stereocenters. The van der Waals surface area contributed by atoms with E-state index in [-0.39, 0.29) is 6.04 Å². The summed E-state index contributed by atoms with van der Waals surface area (Å²) in [6, 6.07) is 3.84. The topological polar surface area (TPSA) is 73.9 Å². The first-order chi connectivity index (χ1) is 12.6. The van der Waals surface area contributed by atoms with Crippen LogP contribution in [-0.4, -0.2) is 27.6 Å². The molecule has 26 heavy (non-hydrogen) atoms. The summed E-state index contributed by atoms with van der Waals surface area (Å²) >= 11 is 1.79. The highest BCUT2D eigenvalue weighted by Gasteiger charge is 2.23. The molecule has 0 aromatic carbocycles. The zero-order valence-corrected chi connectivity index (χ0v) is 16.1. The standard InChI is InChI=1S/C20H24N4OS/c1-12(2)15(21)11-25-19-17-14-5-3-4-6-16(14)26-20(17)24-18(23-19)13-7-9-22-10-8-13/h7-10,12,15H,3-6,11,21H2,1-2H3/t15-/m0/s1. The number of nitrogens with zero attached hydrogens (tertiary/aromatic N) is 3. The summed E-state index contributed by atoms with van der Waals surface area (Å²) in [7, 11) is 0. The Morgan fingerprint density at radius 3 is 2.69 bits per heavy atom. The molecule has 136 valence electrons. The quantitative estimate of drug-likeness (QED) is 0.737. The molecule has 0 aliphatic heterocycles. The first-order valence-electron chi connectivity index (χ1n) is 9.24. The van der Waals surface area contributed by atoms with E-state index in [4.69, 9.17) is 20.4 Å². The van der Waals surface area contributed by atoms with Gasteiger partial charge in [0.1, 0.15) is 11.4 Å². The number of ether oxygens (including phenoxy) is 1. The van der Waals surface area contributed by atoms with Gasteiger partial charge in [-0.05, 0) is 49.3 Å². The van der Waals surface area contributed by atoms with E-state index in [1.807, 2.05) is 12.1 Å². The number of thiophene rings is 1. The minimum Gasteiger partial charge on any atom is -0.475 e. The van der Waals surface area contributed by atoms with Crippen LogP contribution in [0.1, 0.15) is 37.1 Å². The maximum Gasteiger partial charge on any atom is 0.226 e. The minimum absolute atomic E-state index is 0.0150. The van der Waals surface area contributed by atoms with E-state index in [0.29, 0.717) is 24.2 Å². The highest BCUT2D eigenvalue weighted by atomic mass is 32.1. The lowest BCUT2D eigenvalue weighted by atomic mass is 9.97. The molecule has 0 bridgehead atoms. The largest absolute Gasteiger partial charge is 0.475 e. The Labute approximate surface area is 157 Å². The zero-order chi connectivity index (χ0) is 18.1. The molecule has 3 heterocycles. The number of aryl methyl sites for hydroxylation is 2. The smallest absolute Gasteiger partial charge is 0.226 e. The van der Waals surface area contributed by atoms with Gasteiger partial charge in [-0.3, -0.25) is 4.98 Å². The van der Waals surface area contributed by atoms with Gasteiger partial charge in [-0.15, -0.1) is 11.3 Å². The molecular formula is C20H24N4OS. The van der Waals surface area contributed by atoms with E-state index in [9.17, 15) is 0 Å². The molecule has 3 aromatic heterocycles. The molecule has 2 N–H and O–H groups in total. The van der Waals surface area contributed by atoms with E-state index in [1.165, 1.54) is 23.3 Å². The lowest BCUT2D eigenvalue weighted by Gasteiger charge is -2.17. The summed E-state index contributed by atoms with van der Waals surface area (Å²) in [5, 5.41) is 1.10. The number of nitrogens with two attached hydrogens (primary N) is 1. The average Bonchev–Trinajstić information content (AvgIpc) is 3.05. The number of pyridine rings is 1. The fraction of sp³-hybridized carbons (Fsp3) is 0.450. The normalized spacial score (nSPS) is 15.2. The van der Waals surface area contributed by atoms with Gasteiger partial charge in [0.25, 0.3) is 0 Å². The summed E-state index contributed by atoms with van der Waals surface area (Å²) in [6.45, 7) is 4.68. The molecule has 0 fully saturated rings. The van der Waals surface area contributed by atoms with Gasteiger partial charge in [-0.1, -0.05) is 13.8 Å². The zero-order valence-electron chi connectivity index (χ0n) is 15.2. The van der Waals surface area contributed by atoms with Gasteiger partial charge < -0.3 is 10.5 Å². The summed E-state index contributed by atoms with van der Waals surface area (Å²) in [5.41, 5.74) is 8.53. The van der Waals surface area contributed by atoms with Crippen molar-refractivity contribution in [3.63, 3.8) is 0 Å². The third-order valence-corrected chi connectivity index (χ3v) is 6.17. The van der Waals surface area contributed by atoms with Gasteiger partial charge in [0, 0.05) is 28.9 Å². The SMILES string of the molecule is CC(C)[C@@H](N)COc1nc(-c2ccncc2)nc2sc3c(c12)CCCC3. The summed E-state index contributed by atoms with van der Waals surface area (Å²) in [4.78, 5) is 16.2. The van der Waals surface area contributed by atoms with E-state index in [2.05, 4.69) is 18.8 Å². The molecule has 4 rings (SSSR count). The molecule has 0 saturated carbocycles. The van der Waals surface area contributed by atoms with Gasteiger partial charge in [-0.25, -0.2) is 4.98 Å². The van der Waals surface area contributed by atoms with Crippen LogP contribution in [0, 0.1) is 5.92 Å². The second kappa shape index (κ2) is 7.29. The Balaban J connectivity index is 1.81. The number of rotatable bonds is 5. The Bertz CT molecular complexity index is 907. The molecule has 0 unspecified atom stereocenters. The maximum absolute atomic E-state index is 6.20. The third-order valence-electron chi connectivity index (χ3n) is 4.99. The van der Waals surface area contributed by atoms with Gasteiger partial charge in [0.05, 0.1) is 5.39 Å². The van der Waals surface area contributed by atoms with Crippen LogP contribution in [0.5, 0.6) is 5.88 Å². The predicted octanol–water partition coefficient (Wildman–Crippen LogP) is 3.99. The van der Waals surface area contributed by atoms with E-state index in [0.717, 1.165) is 28.6 Å². The Hall–Kier alpha value is -2.05. The van der Waals surface area contributed by atoms with Crippen molar-refractivity contribution in [3.8, 4) is 17.3 Å². The molecule has 1 aliphatic carbocycles. The molecule has 3 aromatic rings. The predicted molar refractivity (Wildman–Crippen MR) is 106 cm³/mol. The summed E-state index contributed by atoms with van der Waals surface area (Å²) < 4.78 is 6.14. The van der Waals surface area contributed by atoms with Crippen LogP contribution in [0.2, 0.25) is 0 Å². The molecule has 0 amide bonds. The third kappa shape index (κ3) is 3.31. The highest BCUT2D eigenvalue weighted by molar-refractivity contribution is 7.18. The van der Waals surface area contributed by atoms with Crippen molar-refractivity contribution < 1.29 is 4.74 Å². The molecule has 0 radical (unpaired) electrons. The van der Waals surface area contributed by atoms with Crippen LogP contribution >= 0.6 is 11.3 Å². The van der Waals surface area contributed by atoms with Gasteiger partial charge in [0.2, 0.25) is 5.88 Å². The van der Waals surface area contributed by atoms with Crippen molar-refractivity contribution in [2.45, 2.75) is 45.6 Å². The molecule has 0 spiro atoms. The van der Waals surface area contributed by atoms with E-state index >= 15 is 0 Å². The van der Waals surface area contributed by atoms with Crippen molar-refractivity contribution in [3.05, 3.63) is 35.0 Å². The Morgan fingerprint density at radius 2 is 1.92 bits per heavy atom. The first kappa shape index (κ1) is 17.4. The molecule has 1 aliphatic rings. The van der Waals surface area contributed by atoms with Crippen LogP contribution in [0.4, 0.5) is 0 Å². The Kier molecular flexibility index (Phi) is 4.87. The number of aromatic nitrogens is 3. The maximum atomic E-state index is 6.20. The van der Waals surface area contributed by atoms with E-state index < -0.39 is 0 Å². The number of hydrogen-bond donors (Lipinski definition) is 1. The lowest BCUT2D eigenvalue weighted by molar-refractivity contribution is 0.254. The van der Waals surface area contributed by atoms with Crippen molar-refractivity contribution >= 4 is 21.6 Å². The minimum atomic E-state index is -0.0150. The Morgan fingerprint density at radius 1 is 1.15 bits per heavy atom. The number of fused-ring (bicyclic) bond motifs is 3. The van der Waals surface area contributed by atoms with Crippen LogP contribution in [-0.2, 0) is 12.8 Å².